The Balaban J connectivity index is 1.42. The van der Waals surface area contributed by atoms with E-state index in [2.05, 4.69) is 28.7 Å². The van der Waals surface area contributed by atoms with Gasteiger partial charge in [-0.25, -0.2) is 14.3 Å². The zero-order chi connectivity index (χ0) is 18.1. The first-order chi connectivity index (χ1) is 12.6. The number of ether oxygens (including phenoxy) is 1. The summed E-state index contributed by atoms with van der Waals surface area (Å²) < 4.78 is 13.2. The quantitative estimate of drug-likeness (QED) is 0.253. The number of aromatic nitrogens is 2. The van der Waals surface area contributed by atoms with E-state index in [-0.39, 0.29) is 5.63 Å². The number of nitrogens with zero attached hydrogens (tertiary/aromatic N) is 1. The Hall–Kier alpha value is -2.73. The van der Waals surface area contributed by atoms with Crippen LogP contribution in [0.3, 0.4) is 0 Å². The van der Waals surface area contributed by atoms with Crippen molar-refractivity contribution in [1.29, 1.82) is 0 Å². The molecule has 0 aliphatic carbocycles. The Morgan fingerprint density at radius 2 is 2.04 bits per heavy atom. The molecule has 0 aliphatic rings. The number of aromatic amines is 1. The zero-order valence-electron chi connectivity index (χ0n) is 14.6. The fourth-order valence-corrected chi connectivity index (χ4v) is 3.84. The van der Waals surface area contributed by atoms with Gasteiger partial charge in [-0.1, -0.05) is 12.1 Å². The van der Waals surface area contributed by atoms with E-state index < -0.39 is 0 Å². The molecule has 4 rings (SSSR count). The molecule has 0 bridgehead atoms. The molecular weight excluding hydrogens is 348 g/mol. The molecule has 2 heterocycles. The van der Waals surface area contributed by atoms with E-state index in [0.29, 0.717) is 17.9 Å². The second-order valence-corrected chi connectivity index (χ2v) is 7.19. The van der Waals surface area contributed by atoms with Crippen molar-refractivity contribution >= 4 is 33.8 Å². The van der Waals surface area contributed by atoms with Crippen LogP contribution in [0.5, 0.6) is 5.75 Å². The number of hydrogen-bond donors (Lipinski definition) is 1. The van der Waals surface area contributed by atoms with E-state index in [1.54, 1.807) is 17.8 Å². The van der Waals surface area contributed by atoms with Crippen LogP contribution < -0.4 is 14.9 Å². The van der Waals surface area contributed by atoms with Gasteiger partial charge in [-0.05, 0) is 48.5 Å². The molecule has 1 N–H and O–H groups in total. The highest BCUT2D eigenvalue weighted by Gasteiger charge is 2.14. The van der Waals surface area contributed by atoms with E-state index in [1.807, 2.05) is 31.2 Å². The number of aryl methyl sites for hydroxylation is 2. The molecule has 26 heavy (non-hydrogen) atoms. The third kappa shape index (κ3) is 3.20. The maximum Gasteiger partial charge on any atom is 0.336 e. The average molecular weight is 367 g/mol. The molecule has 5 nitrogen and oxygen atoms in total. The number of rotatable bonds is 5. The van der Waals surface area contributed by atoms with Crippen LogP contribution >= 0.6 is 11.8 Å². The van der Waals surface area contributed by atoms with Gasteiger partial charge in [0, 0.05) is 23.3 Å². The van der Waals surface area contributed by atoms with Gasteiger partial charge in [-0.2, -0.15) is 0 Å². The predicted octanol–water partition coefficient (Wildman–Crippen LogP) is 3.58. The van der Waals surface area contributed by atoms with Gasteiger partial charge in [0.15, 0.2) is 11.0 Å². The number of fused-ring (bicyclic) bond motifs is 2. The van der Waals surface area contributed by atoms with Gasteiger partial charge in [0.25, 0.3) is 0 Å². The average Bonchev–Trinajstić information content (AvgIpc) is 2.94. The van der Waals surface area contributed by atoms with Crippen LogP contribution in [-0.2, 0) is 7.05 Å². The summed E-state index contributed by atoms with van der Waals surface area (Å²) in [5, 5.41) is 2.02. The Kier molecular flexibility index (Phi) is 4.42. The largest absolute Gasteiger partial charge is 0.493 e. The Bertz CT molecular complexity index is 1150. The van der Waals surface area contributed by atoms with Crippen LogP contribution in [0.4, 0.5) is 0 Å². The molecule has 0 saturated carbocycles. The third-order valence-corrected chi connectivity index (χ3v) is 5.35. The number of para-hydroxylation sites is 2. The first-order valence-corrected chi connectivity index (χ1v) is 9.37. The van der Waals surface area contributed by atoms with Crippen LogP contribution in [0, 0.1) is 6.92 Å². The molecular formula is C20H19N2O3S+. The summed E-state index contributed by atoms with van der Waals surface area (Å²) in [6.45, 7) is 2.46. The standard InChI is InChI=1S/C20H18N2O3S/c1-13-11-19(23)25-18-12-14(7-8-15(13)18)24-9-10-26-20-21-16-5-3-4-6-17(16)22(20)2/h3-8,11-12H,9-10H2,1-2H3/p+1. The summed E-state index contributed by atoms with van der Waals surface area (Å²) in [5.41, 5.74) is 3.43. The number of benzene rings is 2. The molecule has 2 aromatic heterocycles. The summed E-state index contributed by atoms with van der Waals surface area (Å²) in [6, 6.07) is 15.3. The van der Waals surface area contributed by atoms with E-state index >= 15 is 0 Å². The molecule has 4 aromatic rings. The van der Waals surface area contributed by atoms with E-state index in [0.717, 1.165) is 27.4 Å². The van der Waals surface area contributed by atoms with Gasteiger partial charge < -0.3 is 9.15 Å². The molecule has 0 radical (unpaired) electrons. The monoisotopic (exact) mass is 367 g/mol. The Morgan fingerprint density at radius 3 is 2.88 bits per heavy atom. The van der Waals surface area contributed by atoms with Crippen molar-refractivity contribution in [2.24, 2.45) is 7.05 Å². The molecule has 0 amide bonds. The first kappa shape index (κ1) is 16.7. The maximum atomic E-state index is 11.5. The number of nitrogens with one attached hydrogen (secondary N) is 1. The van der Waals surface area contributed by atoms with Crippen molar-refractivity contribution in [2.45, 2.75) is 12.1 Å². The molecule has 0 aliphatic heterocycles. The molecule has 0 fully saturated rings. The SMILES string of the molecule is Cc1cc(=O)oc2cc(OCCSc3[nH]c4ccccc4[n+]3C)ccc12. The van der Waals surface area contributed by atoms with Crippen LogP contribution in [0.25, 0.3) is 22.0 Å². The number of thioether (sulfide) groups is 1. The summed E-state index contributed by atoms with van der Waals surface area (Å²) in [4.78, 5) is 14.9. The minimum atomic E-state index is -0.339. The highest BCUT2D eigenvalue weighted by molar-refractivity contribution is 7.99. The second-order valence-electron chi connectivity index (χ2n) is 6.11. The normalized spacial score (nSPS) is 11.3. The van der Waals surface area contributed by atoms with E-state index in [1.165, 1.54) is 11.6 Å². The van der Waals surface area contributed by atoms with Crippen molar-refractivity contribution in [3.05, 3.63) is 64.5 Å². The van der Waals surface area contributed by atoms with Gasteiger partial charge in [-0.15, -0.1) is 0 Å². The van der Waals surface area contributed by atoms with E-state index in [4.69, 9.17) is 9.15 Å². The highest BCUT2D eigenvalue weighted by atomic mass is 32.2. The van der Waals surface area contributed by atoms with Crippen molar-refractivity contribution in [3.63, 3.8) is 0 Å². The van der Waals surface area contributed by atoms with Gasteiger partial charge in [0.2, 0.25) is 0 Å². The number of imidazole rings is 1. The molecule has 0 unspecified atom stereocenters. The van der Waals surface area contributed by atoms with Gasteiger partial charge in [0.05, 0.1) is 13.7 Å². The summed E-state index contributed by atoms with van der Waals surface area (Å²) in [6.07, 6.45) is 0. The lowest BCUT2D eigenvalue weighted by Crippen LogP contribution is -2.29. The third-order valence-electron chi connectivity index (χ3n) is 4.33. The smallest absolute Gasteiger partial charge is 0.336 e. The predicted molar refractivity (Wildman–Crippen MR) is 103 cm³/mol. The number of H-pyrrole nitrogens is 1. The summed E-state index contributed by atoms with van der Waals surface area (Å²) in [7, 11) is 2.05. The first-order valence-electron chi connectivity index (χ1n) is 8.39. The van der Waals surface area contributed by atoms with Crippen molar-refractivity contribution in [2.75, 3.05) is 12.4 Å². The van der Waals surface area contributed by atoms with Crippen molar-refractivity contribution in [3.8, 4) is 5.75 Å². The molecule has 0 spiro atoms. The number of hydrogen-bond acceptors (Lipinski definition) is 4. The minimum Gasteiger partial charge on any atom is -0.493 e. The van der Waals surface area contributed by atoms with Crippen LogP contribution in [0.2, 0.25) is 0 Å². The van der Waals surface area contributed by atoms with Crippen molar-refractivity contribution < 1.29 is 13.7 Å². The molecule has 0 saturated heterocycles. The topological polar surface area (TPSA) is 59.1 Å². The summed E-state index contributed by atoms with van der Waals surface area (Å²) in [5.74, 6) is 1.50. The lowest BCUT2D eigenvalue weighted by molar-refractivity contribution is -0.683. The highest BCUT2D eigenvalue weighted by Crippen LogP contribution is 2.23. The Morgan fingerprint density at radius 1 is 1.19 bits per heavy atom. The molecule has 2 aromatic carbocycles. The lowest BCUT2D eigenvalue weighted by atomic mass is 10.1. The Labute approximate surface area is 154 Å². The van der Waals surface area contributed by atoms with Crippen LogP contribution in [0.15, 0.2) is 62.9 Å². The molecule has 132 valence electrons. The fourth-order valence-electron chi connectivity index (χ4n) is 3.01. The second kappa shape index (κ2) is 6.88. The fraction of sp³-hybridized carbons (Fsp3) is 0.200. The molecule has 6 heteroatoms. The van der Waals surface area contributed by atoms with Gasteiger partial charge in [0.1, 0.15) is 11.3 Å². The van der Waals surface area contributed by atoms with Crippen LogP contribution in [0.1, 0.15) is 5.56 Å². The van der Waals surface area contributed by atoms with Crippen LogP contribution in [-0.4, -0.2) is 17.3 Å². The minimum absolute atomic E-state index is 0.339. The van der Waals surface area contributed by atoms with Gasteiger partial charge in [-0.3, -0.25) is 0 Å². The van der Waals surface area contributed by atoms with Gasteiger partial charge >= 0.3 is 10.8 Å². The summed E-state index contributed by atoms with van der Waals surface area (Å²) >= 11 is 1.71. The lowest BCUT2D eigenvalue weighted by Gasteiger charge is -2.06. The molecule has 0 atom stereocenters. The van der Waals surface area contributed by atoms with Crippen molar-refractivity contribution in [1.82, 2.24) is 4.98 Å². The van der Waals surface area contributed by atoms with E-state index in [9.17, 15) is 4.79 Å². The maximum absolute atomic E-state index is 11.5. The zero-order valence-corrected chi connectivity index (χ0v) is 15.4.